The molecular weight excluding hydrogens is 260 g/mol. The molecule has 0 bridgehead atoms. The Kier molecular flexibility index (Phi) is 5.70. The van der Waals surface area contributed by atoms with E-state index >= 15 is 0 Å². The van der Waals surface area contributed by atoms with Gasteiger partial charge in [-0.05, 0) is 63.3 Å². The van der Waals surface area contributed by atoms with Gasteiger partial charge < -0.3 is 10.2 Å². The summed E-state index contributed by atoms with van der Waals surface area (Å²) in [5, 5.41) is 3.44. The monoisotopic (exact) mass is 294 g/mol. The van der Waals surface area contributed by atoms with E-state index in [-0.39, 0.29) is 5.92 Å². The minimum absolute atomic E-state index is 0.283. The molecule has 1 atom stereocenters. The maximum Gasteiger partial charge on any atom is 0.225 e. The lowest BCUT2D eigenvalue weighted by Crippen LogP contribution is -2.50. The number of rotatable bonds is 3. The number of nitrogens with zero attached hydrogens (tertiary/aromatic N) is 1. The van der Waals surface area contributed by atoms with Gasteiger partial charge in [0.15, 0.2) is 0 Å². The van der Waals surface area contributed by atoms with Gasteiger partial charge >= 0.3 is 0 Å². The highest BCUT2D eigenvalue weighted by molar-refractivity contribution is 5.79. The van der Waals surface area contributed by atoms with E-state index in [9.17, 15) is 4.79 Å². The molecule has 1 saturated carbocycles. The Morgan fingerprint density at radius 1 is 1.14 bits per heavy atom. The standard InChI is InChI=1S/C18H34N2O/c1-5-20(16-7-6-12-19-13-16)17(21)14-8-10-15(11-9-14)18(2,3)4/h14-16,19H,5-13H2,1-4H3. The molecule has 0 aromatic heterocycles. The highest BCUT2D eigenvalue weighted by Gasteiger charge is 2.35. The summed E-state index contributed by atoms with van der Waals surface area (Å²) in [7, 11) is 0. The first-order valence-electron chi connectivity index (χ1n) is 8.94. The number of nitrogens with one attached hydrogen (secondary N) is 1. The smallest absolute Gasteiger partial charge is 0.225 e. The molecule has 122 valence electrons. The fourth-order valence-corrected chi connectivity index (χ4v) is 4.13. The van der Waals surface area contributed by atoms with E-state index in [2.05, 4.69) is 37.9 Å². The molecular formula is C18H34N2O. The molecule has 1 heterocycles. The minimum atomic E-state index is 0.283. The molecule has 0 spiro atoms. The van der Waals surface area contributed by atoms with E-state index < -0.39 is 0 Å². The van der Waals surface area contributed by atoms with Crippen LogP contribution in [-0.4, -0.2) is 36.5 Å². The number of likely N-dealkylation sites (N-methyl/N-ethyl adjacent to an activating group) is 1. The molecule has 3 nitrogen and oxygen atoms in total. The van der Waals surface area contributed by atoms with Crippen molar-refractivity contribution in [1.29, 1.82) is 0 Å². The van der Waals surface area contributed by atoms with Gasteiger partial charge in [-0.1, -0.05) is 20.8 Å². The van der Waals surface area contributed by atoms with Crippen molar-refractivity contribution in [3.63, 3.8) is 0 Å². The van der Waals surface area contributed by atoms with E-state index in [1.165, 1.54) is 25.7 Å². The summed E-state index contributed by atoms with van der Waals surface area (Å²) < 4.78 is 0. The Bertz CT molecular complexity index is 334. The lowest BCUT2D eigenvalue weighted by molar-refractivity contribution is -0.139. The molecule has 1 amide bonds. The Morgan fingerprint density at radius 3 is 2.29 bits per heavy atom. The molecule has 2 aliphatic rings. The molecule has 3 heteroatoms. The third-order valence-electron chi connectivity index (χ3n) is 5.64. The van der Waals surface area contributed by atoms with Gasteiger partial charge in [0.2, 0.25) is 5.91 Å². The minimum Gasteiger partial charge on any atom is -0.338 e. The number of carbonyl (C=O) groups excluding carboxylic acids is 1. The summed E-state index contributed by atoms with van der Waals surface area (Å²) >= 11 is 0. The van der Waals surface area contributed by atoms with Crippen LogP contribution in [0.1, 0.15) is 66.2 Å². The Hall–Kier alpha value is -0.570. The van der Waals surface area contributed by atoms with Crippen molar-refractivity contribution in [2.45, 2.75) is 72.3 Å². The highest BCUT2D eigenvalue weighted by Crippen LogP contribution is 2.40. The lowest BCUT2D eigenvalue weighted by Gasteiger charge is -2.40. The van der Waals surface area contributed by atoms with Crippen molar-refractivity contribution in [1.82, 2.24) is 10.2 Å². The van der Waals surface area contributed by atoms with Gasteiger partial charge in [-0.2, -0.15) is 0 Å². The van der Waals surface area contributed by atoms with Crippen molar-refractivity contribution in [3.05, 3.63) is 0 Å². The molecule has 21 heavy (non-hydrogen) atoms. The van der Waals surface area contributed by atoms with Crippen molar-refractivity contribution < 1.29 is 4.79 Å². The maximum atomic E-state index is 12.9. The van der Waals surface area contributed by atoms with Crippen LogP contribution in [0, 0.1) is 17.3 Å². The van der Waals surface area contributed by atoms with Crippen LogP contribution in [0.4, 0.5) is 0 Å². The van der Waals surface area contributed by atoms with E-state index in [0.717, 1.165) is 38.4 Å². The van der Waals surface area contributed by atoms with Crippen LogP contribution in [0.2, 0.25) is 0 Å². The lowest BCUT2D eigenvalue weighted by atomic mass is 9.69. The van der Waals surface area contributed by atoms with Gasteiger partial charge in [-0.25, -0.2) is 0 Å². The van der Waals surface area contributed by atoms with Gasteiger partial charge in [0.1, 0.15) is 0 Å². The van der Waals surface area contributed by atoms with Crippen LogP contribution in [0.3, 0.4) is 0 Å². The molecule has 0 aromatic rings. The van der Waals surface area contributed by atoms with Crippen LogP contribution in [0.25, 0.3) is 0 Å². The SMILES string of the molecule is CCN(C(=O)C1CCC(C(C)(C)C)CC1)C1CCCNC1. The number of carbonyl (C=O) groups is 1. The van der Waals surface area contributed by atoms with Crippen molar-refractivity contribution in [2.24, 2.45) is 17.3 Å². The third kappa shape index (κ3) is 4.21. The van der Waals surface area contributed by atoms with Gasteiger partial charge in [0, 0.05) is 25.0 Å². The predicted molar refractivity (Wildman–Crippen MR) is 88.2 cm³/mol. The highest BCUT2D eigenvalue weighted by atomic mass is 16.2. The summed E-state index contributed by atoms with van der Waals surface area (Å²) in [6.07, 6.45) is 7.00. The first-order chi connectivity index (χ1) is 9.93. The number of piperidine rings is 1. The summed E-state index contributed by atoms with van der Waals surface area (Å²) in [6, 6.07) is 0.427. The van der Waals surface area contributed by atoms with Crippen molar-refractivity contribution in [2.75, 3.05) is 19.6 Å². The van der Waals surface area contributed by atoms with Gasteiger partial charge in [0.25, 0.3) is 0 Å². The predicted octanol–water partition coefficient (Wildman–Crippen LogP) is 3.44. The van der Waals surface area contributed by atoms with Gasteiger partial charge in [-0.3, -0.25) is 4.79 Å². The molecule has 2 rings (SSSR count). The summed E-state index contributed by atoms with van der Waals surface area (Å²) in [6.45, 7) is 12.1. The average molecular weight is 294 g/mol. The van der Waals surface area contributed by atoms with Crippen LogP contribution in [0.15, 0.2) is 0 Å². The molecule has 1 N–H and O–H groups in total. The zero-order chi connectivity index (χ0) is 15.5. The topological polar surface area (TPSA) is 32.3 Å². The van der Waals surface area contributed by atoms with E-state index in [0.29, 0.717) is 17.4 Å². The second-order valence-corrected chi connectivity index (χ2v) is 8.04. The first kappa shape index (κ1) is 16.8. The normalized spacial score (nSPS) is 31.0. The fourth-order valence-electron chi connectivity index (χ4n) is 4.13. The number of amides is 1. The molecule has 1 saturated heterocycles. The van der Waals surface area contributed by atoms with E-state index in [4.69, 9.17) is 0 Å². The Labute approximate surface area is 130 Å². The first-order valence-corrected chi connectivity index (χ1v) is 8.94. The second kappa shape index (κ2) is 7.13. The summed E-state index contributed by atoms with van der Waals surface area (Å²) in [4.78, 5) is 15.0. The van der Waals surface area contributed by atoms with Crippen LogP contribution in [-0.2, 0) is 4.79 Å². The fraction of sp³-hybridized carbons (Fsp3) is 0.944. The van der Waals surface area contributed by atoms with Crippen molar-refractivity contribution >= 4 is 5.91 Å². The molecule has 1 aliphatic heterocycles. The quantitative estimate of drug-likeness (QED) is 0.865. The average Bonchev–Trinajstić information content (AvgIpc) is 2.48. The van der Waals surface area contributed by atoms with Crippen molar-refractivity contribution in [3.8, 4) is 0 Å². The molecule has 0 radical (unpaired) electrons. The number of hydrogen-bond acceptors (Lipinski definition) is 2. The number of hydrogen-bond donors (Lipinski definition) is 1. The zero-order valence-corrected chi connectivity index (χ0v) is 14.5. The maximum absolute atomic E-state index is 12.9. The second-order valence-electron chi connectivity index (χ2n) is 8.04. The van der Waals surface area contributed by atoms with E-state index in [1.807, 2.05) is 0 Å². The molecule has 0 aromatic carbocycles. The Morgan fingerprint density at radius 2 is 1.81 bits per heavy atom. The molecule has 2 fully saturated rings. The Balaban J connectivity index is 1.90. The molecule has 1 aliphatic carbocycles. The summed E-state index contributed by atoms with van der Waals surface area (Å²) in [5.74, 6) is 1.50. The van der Waals surface area contributed by atoms with Gasteiger partial charge in [-0.15, -0.1) is 0 Å². The largest absolute Gasteiger partial charge is 0.338 e. The zero-order valence-electron chi connectivity index (χ0n) is 14.5. The van der Waals surface area contributed by atoms with Crippen LogP contribution < -0.4 is 5.32 Å². The molecule has 1 unspecified atom stereocenters. The van der Waals surface area contributed by atoms with E-state index in [1.54, 1.807) is 0 Å². The third-order valence-corrected chi connectivity index (χ3v) is 5.64. The van der Waals surface area contributed by atoms with Gasteiger partial charge in [0.05, 0.1) is 0 Å². The van der Waals surface area contributed by atoms with Crippen LogP contribution >= 0.6 is 0 Å². The van der Waals surface area contributed by atoms with Crippen LogP contribution in [0.5, 0.6) is 0 Å². The summed E-state index contributed by atoms with van der Waals surface area (Å²) in [5.41, 5.74) is 0.395.